The molecule has 1 amide bonds. The summed E-state index contributed by atoms with van der Waals surface area (Å²) in [5, 5.41) is 6.29. The zero-order chi connectivity index (χ0) is 23.5. The quantitative estimate of drug-likeness (QED) is 0.368. The topological polar surface area (TPSA) is 93.4 Å². The summed E-state index contributed by atoms with van der Waals surface area (Å²) < 4.78 is 22.5. The number of ether oxygens (including phenoxy) is 1. The maximum atomic E-state index is 14.9. The van der Waals surface area contributed by atoms with Gasteiger partial charge in [-0.25, -0.2) is 19.3 Å². The number of fused-ring (bicyclic) bond motifs is 2. The number of aromatic nitrogens is 4. The van der Waals surface area contributed by atoms with Crippen molar-refractivity contribution >= 4 is 39.6 Å². The standard InChI is InChI=1S/C25H17FN6O2/c1-2-3-24(33)30-16-4-6-21-19(12-16)25(29-15-28-21)31-22-7-5-17(13-20(22)26)34-18-8-10-32-11-9-27-23(32)14-18/h4-15H,1H3,(H,30,33)(H,28,29,31). The number of halogens is 1. The van der Waals surface area contributed by atoms with E-state index in [9.17, 15) is 9.18 Å². The summed E-state index contributed by atoms with van der Waals surface area (Å²) in [6.07, 6.45) is 6.71. The zero-order valence-corrected chi connectivity index (χ0v) is 17.9. The molecular formula is C25H17FN6O2. The van der Waals surface area contributed by atoms with Crippen molar-refractivity contribution in [2.45, 2.75) is 6.92 Å². The van der Waals surface area contributed by atoms with E-state index in [4.69, 9.17) is 4.74 Å². The van der Waals surface area contributed by atoms with E-state index in [0.717, 1.165) is 5.65 Å². The molecule has 5 rings (SSSR count). The molecule has 34 heavy (non-hydrogen) atoms. The maximum absolute atomic E-state index is 14.9. The van der Waals surface area contributed by atoms with Gasteiger partial charge in [0.05, 0.1) is 11.2 Å². The molecule has 5 aromatic rings. The minimum Gasteiger partial charge on any atom is -0.457 e. The van der Waals surface area contributed by atoms with Crippen molar-refractivity contribution in [2.24, 2.45) is 0 Å². The molecule has 2 N–H and O–H groups in total. The lowest BCUT2D eigenvalue weighted by atomic mass is 10.2. The van der Waals surface area contributed by atoms with Gasteiger partial charge in [0.15, 0.2) is 0 Å². The van der Waals surface area contributed by atoms with E-state index >= 15 is 0 Å². The van der Waals surface area contributed by atoms with Gasteiger partial charge in [-0.3, -0.25) is 4.79 Å². The second kappa shape index (κ2) is 8.88. The molecular weight excluding hydrogens is 435 g/mol. The van der Waals surface area contributed by atoms with E-state index in [1.165, 1.54) is 12.4 Å². The van der Waals surface area contributed by atoms with Crippen molar-refractivity contribution in [1.82, 2.24) is 19.4 Å². The predicted molar refractivity (Wildman–Crippen MR) is 127 cm³/mol. The highest BCUT2D eigenvalue weighted by atomic mass is 19.1. The van der Waals surface area contributed by atoms with Crippen molar-refractivity contribution in [3.63, 3.8) is 0 Å². The molecule has 0 unspecified atom stereocenters. The molecule has 0 atom stereocenters. The minimum atomic E-state index is -0.520. The molecule has 9 heteroatoms. The zero-order valence-electron chi connectivity index (χ0n) is 17.9. The highest BCUT2D eigenvalue weighted by Gasteiger charge is 2.11. The Morgan fingerprint density at radius 2 is 1.91 bits per heavy atom. The van der Waals surface area contributed by atoms with Crippen LogP contribution in [0.2, 0.25) is 0 Å². The fourth-order valence-corrected chi connectivity index (χ4v) is 3.39. The number of hydrogen-bond donors (Lipinski definition) is 2. The average Bonchev–Trinajstić information content (AvgIpc) is 3.29. The lowest BCUT2D eigenvalue weighted by molar-refractivity contribution is -0.111. The lowest BCUT2D eigenvalue weighted by Gasteiger charge is -2.12. The van der Waals surface area contributed by atoms with Gasteiger partial charge in [-0.05, 0) is 49.2 Å². The summed E-state index contributed by atoms with van der Waals surface area (Å²) >= 11 is 0. The van der Waals surface area contributed by atoms with Crippen LogP contribution in [0.3, 0.4) is 0 Å². The number of rotatable bonds is 5. The number of benzene rings is 2. The Kier molecular flexibility index (Phi) is 5.46. The Morgan fingerprint density at radius 1 is 1.03 bits per heavy atom. The van der Waals surface area contributed by atoms with Crippen LogP contribution in [0.15, 0.2) is 73.4 Å². The van der Waals surface area contributed by atoms with Gasteiger partial charge in [0.1, 0.15) is 35.1 Å². The normalized spacial score (nSPS) is 10.5. The van der Waals surface area contributed by atoms with E-state index in [-0.39, 0.29) is 5.69 Å². The van der Waals surface area contributed by atoms with Gasteiger partial charge >= 0.3 is 0 Å². The molecule has 166 valence electrons. The maximum Gasteiger partial charge on any atom is 0.300 e. The summed E-state index contributed by atoms with van der Waals surface area (Å²) in [7, 11) is 0. The summed E-state index contributed by atoms with van der Waals surface area (Å²) in [5.74, 6) is 5.29. The number of nitrogens with one attached hydrogen (secondary N) is 2. The molecule has 2 aromatic carbocycles. The van der Waals surface area contributed by atoms with Crippen LogP contribution in [0.25, 0.3) is 16.6 Å². The third kappa shape index (κ3) is 4.33. The number of carbonyl (C=O) groups excluding carboxylic acids is 1. The molecule has 0 radical (unpaired) electrons. The summed E-state index contributed by atoms with van der Waals surface area (Å²) in [4.78, 5) is 24.5. The highest BCUT2D eigenvalue weighted by Crippen LogP contribution is 2.30. The van der Waals surface area contributed by atoms with Gasteiger partial charge in [0, 0.05) is 41.8 Å². The van der Waals surface area contributed by atoms with E-state index < -0.39 is 11.7 Å². The van der Waals surface area contributed by atoms with Gasteiger partial charge in [0.25, 0.3) is 5.91 Å². The smallest absolute Gasteiger partial charge is 0.300 e. The van der Waals surface area contributed by atoms with Crippen molar-refractivity contribution in [3.8, 4) is 23.3 Å². The van der Waals surface area contributed by atoms with Crippen LogP contribution >= 0.6 is 0 Å². The number of imidazole rings is 1. The fourth-order valence-electron chi connectivity index (χ4n) is 3.39. The summed E-state index contributed by atoms with van der Waals surface area (Å²) in [5.41, 5.74) is 2.09. The molecule has 0 aliphatic heterocycles. The first-order valence-corrected chi connectivity index (χ1v) is 10.2. The predicted octanol–water partition coefficient (Wildman–Crippen LogP) is 4.91. The molecule has 3 heterocycles. The van der Waals surface area contributed by atoms with Crippen LogP contribution in [0.5, 0.6) is 11.5 Å². The largest absolute Gasteiger partial charge is 0.457 e. The Morgan fingerprint density at radius 3 is 2.76 bits per heavy atom. The van der Waals surface area contributed by atoms with Crippen LogP contribution in [-0.4, -0.2) is 25.3 Å². The van der Waals surface area contributed by atoms with Gasteiger partial charge < -0.3 is 19.8 Å². The fraction of sp³-hybridized carbons (Fsp3) is 0.0400. The molecule has 3 aromatic heterocycles. The number of pyridine rings is 1. The number of nitrogens with zero attached hydrogens (tertiary/aromatic N) is 4. The Hall–Kier alpha value is -4.97. The molecule has 0 aliphatic carbocycles. The van der Waals surface area contributed by atoms with Crippen molar-refractivity contribution in [1.29, 1.82) is 0 Å². The van der Waals surface area contributed by atoms with Crippen molar-refractivity contribution in [2.75, 3.05) is 10.6 Å². The van der Waals surface area contributed by atoms with Crippen molar-refractivity contribution < 1.29 is 13.9 Å². The first kappa shape index (κ1) is 20.9. The van der Waals surface area contributed by atoms with E-state index in [1.54, 1.807) is 55.6 Å². The molecule has 0 spiro atoms. The monoisotopic (exact) mass is 452 g/mol. The lowest BCUT2D eigenvalue weighted by Crippen LogP contribution is -2.08. The van der Waals surface area contributed by atoms with Crippen LogP contribution < -0.4 is 15.4 Å². The number of amides is 1. The number of carbonyl (C=O) groups is 1. The van der Waals surface area contributed by atoms with E-state index in [1.807, 2.05) is 16.8 Å². The SMILES string of the molecule is CC#CC(=O)Nc1ccc2ncnc(Nc3ccc(Oc4ccn5ccnc5c4)cc3F)c2c1. The van der Waals surface area contributed by atoms with E-state index in [0.29, 0.717) is 33.9 Å². The molecule has 0 saturated carbocycles. The molecule has 0 bridgehead atoms. The second-order valence-electron chi connectivity index (χ2n) is 7.21. The molecule has 8 nitrogen and oxygen atoms in total. The highest BCUT2D eigenvalue weighted by molar-refractivity contribution is 6.05. The van der Waals surface area contributed by atoms with Crippen LogP contribution in [0, 0.1) is 17.7 Å². The third-order valence-electron chi connectivity index (χ3n) is 4.93. The molecule has 0 aliphatic rings. The van der Waals surface area contributed by atoms with Crippen molar-refractivity contribution in [3.05, 3.63) is 79.3 Å². The van der Waals surface area contributed by atoms with Gasteiger partial charge in [0.2, 0.25) is 0 Å². The first-order chi connectivity index (χ1) is 16.6. The number of anilines is 3. The van der Waals surface area contributed by atoms with Gasteiger partial charge in [-0.15, -0.1) is 0 Å². The Labute approximate surface area is 193 Å². The first-order valence-electron chi connectivity index (χ1n) is 10.2. The minimum absolute atomic E-state index is 0.211. The number of hydrogen-bond acceptors (Lipinski definition) is 6. The summed E-state index contributed by atoms with van der Waals surface area (Å²) in [6, 6.07) is 13.2. The summed E-state index contributed by atoms with van der Waals surface area (Å²) in [6.45, 7) is 1.58. The Balaban J connectivity index is 1.39. The average molecular weight is 452 g/mol. The van der Waals surface area contributed by atoms with Crippen LogP contribution in [-0.2, 0) is 4.79 Å². The molecule has 0 fully saturated rings. The van der Waals surface area contributed by atoms with Crippen LogP contribution in [0.4, 0.5) is 21.6 Å². The van der Waals surface area contributed by atoms with Crippen LogP contribution in [0.1, 0.15) is 6.92 Å². The van der Waals surface area contributed by atoms with Gasteiger partial charge in [-0.2, -0.15) is 0 Å². The Bertz CT molecular complexity index is 1600. The molecule has 0 saturated heterocycles. The second-order valence-corrected chi connectivity index (χ2v) is 7.21. The van der Waals surface area contributed by atoms with E-state index in [2.05, 4.69) is 37.4 Å². The van der Waals surface area contributed by atoms with Gasteiger partial charge in [-0.1, -0.05) is 5.92 Å². The third-order valence-corrected chi connectivity index (χ3v) is 4.93.